The summed E-state index contributed by atoms with van der Waals surface area (Å²) in [6.07, 6.45) is 7.06. The van der Waals surface area contributed by atoms with Crippen molar-refractivity contribution in [2.45, 2.75) is 32.1 Å². The Morgan fingerprint density at radius 1 is 1.38 bits per heavy atom. The largest absolute Gasteiger partial charge is 0.261 e. The Kier molecular flexibility index (Phi) is 2.27. The van der Waals surface area contributed by atoms with Crippen molar-refractivity contribution in [3.05, 3.63) is 29.1 Å². The van der Waals surface area contributed by atoms with E-state index in [2.05, 4.69) is 11.1 Å². The maximum atomic E-state index is 8.65. The molecule has 0 atom stereocenters. The Balaban J connectivity index is 2.41. The van der Waals surface area contributed by atoms with Crippen molar-refractivity contribution < 1.29 is 0 Å². The molecule has 0 saturated carbocycles. The molecule has 0 fully saturated rings. The van der Waals surface area contributed by atoms with Crippen LogP contribution in [0.3, 0.4) is 0 Å². The summed E-state index contributed by atoms with van der Waals surface area (Å²) >= 11 is 0. The highest BCUT2D eigenvalue weighted by molar-refractivity contribution is 5.33. The number of nitriles is 1. The van der Waals surface area contributed by atoms with Crippen LogP contribution in [-0.2, 0) is 19.3 Å². The zero-order valence-corrected chi connectivity index (χ0v) is 7.58. The Morgan fingerprint density at radius 2 is 2.23 bits per heavy atom. The average Bonchev–Trinajstić information content (AvgIpc) is 2.19. The van der Waals surface area contributed by atoms with Crippen molar-refractivity contribution in [2.75, 3.05) is 0 Å². The maximum absolute atomic E-state index is 8.65. The molecule has 2 nitrogen and oxygen atoms in total. The molecule has 0 amide bonds. The van der Waals surface area contributed by atoms with E-state index in [1.807, 2.05) is 12.3 Å². The first-order valence-corrected chi connectivity index (χ1v) is 4.74. The van der Waals surface area contributed by atoms with Gasteiger partial charge in [0, 0.05) is 11.9 Å². The molecule has 66 valence electrons. The molecule has 1 aliphatic rings. The molecule has 0 unspecified atom stereocenters. The second kappa shape index (κ2) is 3.57. The summed E-state index contributed by atoms with van der Waals surface area (Å²) in [5.74, 6) is 0. The van der Waals surface area contributed by atoms with E-state index >= 15 is 0 Å². The van der Waals surface area contributed by atoms with Gasteiger partial charge in [-0.1, -0.05) is 0 Å². The molecule has 0 spiro atoms. The van der Waals surface area contributed by atoms with Crippen molar-refractivity contribution in [1.29, 1.82) is 5.26 Å². The van der Waals surface area contributed by atoms with Crippen LogP contribution < -0.4 is 0 Å². The van der Waals surface area contributed by atoms with Gasteiger partial charge in [-0.2, -0.15) is 5.26 Å². The number of fused-ring (bicyclic) bond motifs is 1. The predicted octanol–water partition coefficient (Wildman–Crippen LogP) is 2.03. The molecule has 0 saturated heterocycles. The lowest BCUT2D eigenvalue weighted by Crippen LogP contribution is -2.08. The average molecular weight is 172 g/mol. The van der Waals surface area contributed by atoms with Crippen molar-refractivity contribution in [3.63, 3.8) is 0 Å². The van der Waals surface area contributed by atoms with Gasteiger partial charge in [-0.25, -0.2) is 0 Å². The number of aromatic nitrogens is 1. The number of aryl methyl sites for hydroxylation is 1. The zero-order valence-electron chi connectivity index (χ0n) is 7.58. The van der Waals surface area contributed by atoms with Gasteiger partial charge in [-0.3, -0.25) is 4.98 Å². The SMILES string of the molecule is N#CCc1ccnc2c1CCCC2. The van der Waals surface area contributed by atoms with Crippen LogP contribution in [0.1, 0.15) is 29.7 Å². The van der Waals surface area contributed by atoms with E-state index in [9.17, 15) is 0 Å². The third kappa shape index (κ3) is 1.55. The normalized spacial score (nSPS) is 14.7. The first-order valence-electron chi connectivity index (χ1n) is 4.74. The summed E-state index contributed by atoms with van der Waals surface area (Å²) in [5.41, 5.74) is 3.75. The van der Waals surface area contributed by atoms with Gasteiger partial charge in [0.05, 0.1) is 12.5 Å². The van der Waals surface area contributed by atoms with Crippen LogP contribution >= 0.6 is 0 Å². The van der Waals surface area contributed by atoms with Crippen LogP contribution in [0.2, 0.25) is 0 Å². The van der Waals surface area contributed by atoms with Crippen molar-refractivity contribution in [3.8, 4) is 6.07 Å². The fourth-order valence-electron chi connectivity index (χ4n) is 1.95. The summed E-state index contributed by atoms with van der Waals surface area (Å²) in [6, 6.07) is 4.19. The topological polar surface area (TPSA) is 36.7 Å². The Morgan fingerprint density at radius 3 is 3.08 bits per heavy atom. The van der Waals surface area contributed by atoms with E-state index < -0.39 is 0 Å². The van der Waals surface area contributed by atoms with Gasteiger partial charge in [-0.05, 0) is 42.9 Å². The van der Waals surface area contributed by atoms with E-state index in [1.54, 1.807) is 0 Å². The van der Waals surface area contributed by atoms with Crippen molar-refractivity contribution in [2.24, 2.45) is 0 Å². The minimum atomic E-state index is 0.533. The quantitative estimate of drug-likeness (QED) is 0.649. The molecule has 0 aliphatic heterocycles. The Bertz CT molecular complexity index is 350. The van der Waals surface area contributed by atoms with Crippen molar-refractivity contribution in [1.82, 2.24) is 4.98 Å². The van der Waals surface area contributed by atoms with Gasteiger partial charge in [0.1, 0.15) is 0 Å². The van der Waals surface area contributed by atoms with E-state index in [0.29, 0.717) is 6.42 Å². The highest BCUT2D eigenvalue weighted by atomic mass is 14.7. The van der Waals surface area contributed by atoms with Crippen molar-refractivity contribution >= 4 is 0 Å². The number of rotatable bonds is 1. The lowest BCUT2D eigenvalue weighted by molar-refractivity contribution is 0.662. The fourth-order valence-corrected chi connectivity index (χ4v) is 1.95. The van der Waals surface area contributed by atoms with Gasteiger partial charge in [0.15, 0.2) is 0 Å². The molecule has 2 rings (SSSR count). The maximum Gasteiger partial charge on any atom is 0.0669 e. The summed E-state index contributed by atoms with van der Waals surface area (Å²) < 4.78 is 0. The fraction of sp³-hybridized carbons (Fsp3) is 0.455. The summed E-state index contributed by atoms with van der Waals surface area (Å²) in [6.45, 7) is 0. The van der Waals surface area contributed by atoms with Gasteiger partial charge < -0.3 is 0 Å². The smallest absolute Gasteiger partial charge is 0.0669 e. The number of hydrogen-bond donors (Lipinski definition) is 0. The Hall–Kier alpha value is -1.36. The molecule has 1 aromatic rings. The molecule has 0 N–H and O–H groups in total. The van der Waals surface area contributed by atoms with Crippen LogP contribution in [-0.4, -0.2) is 4.98 Å². The number of hydrogen-bond acceptors (Lipinski definition) is 2. The molecule has 1 aliphatic carbocycles. The zero-order chi connectivity index (χ0) is 9.10. The molecule has 0 bridgehead atoms. The number of nitrogens with zero attached hydrogens (tertiary/aromatic N) is 2. The minimum Gasteiger partial charge on any atom is -0.261 e. The third-order valence-corrected chi connectivity index (χ3v) is 2.60. The van der Waals surface area contributed by atoms with Crippen LogP contribution in [0.5, 0.6) is 0 Å². The van der Waals surface area contributed by atoms with E-state index in [1.165, 1.54) is 29.7 Å². The highest BCUT2D eigenvalue weighted by Crippen LogP contribution is 2.22. The molecule has 13 heavy (non-hydrogen) atoms. The molecule has 0 aromatic carbocycles. The van der Waals surface area contributed by atoms with Crippen LogP contribution in [0, 0.1) is 11.3 Å². The summed E-state index contributed by atoms with van der Waals surface area (Å²) in [7, 11) is 0. The standard InChI is InChI=1S/C11H12N2/c12-7-5-9-6-8-13-11-4-2-1-3-10(9)11/h6,8H,1-5H2. The molecular formula is C11H12N2. The highest BCUT2D eigenvalue weighted by Gasteiger charge is 2.13. The minimum absolute atomic E-state index is 0.533. The van der Waals surface area contributed by atoms with Gasteiger partial charge in [-0.15, -0.1) is 0 Å². The third-order valence-electron chi connectivity index (χ3n) is 2.60. The van der Waals surface area contributed by atoms with E-state index in [-0.39, 0.29) is 0 Å². The van der Waals surface area contributed by atoms with E-state index in [4.69, 9.17) is 5.26 Å². The van der Waals surface area contributed by atoms with E-state index in [0.717, 1.165) is 12.8 Å². The van der Waals surface area contributed by atoms with Crippen LogP contribution in [0.25, 0.3) is 0 Å². The monoisotopic (exact) mass is 172 g/mol. The molecular weight excluding hydrogens is 160 g/mol. The second-order valence-electron chi connectivity index (χ2n) is 3.44. The molecule has 0 radical (unpaired) electrons. The second-order valence-corrected chi connectivity index (χ2v) is 3.44. The van der Waals surface area contributed by atoms with Gasteiger partial charge in [0.25, 0.3) is 0 Å². The first-order chi connectivity index (χ1) is 6.42. The summed E-state index contributed by atoms with van der Waals surface area (Å²) in [4.78, 5) is 4.35. The molecule has 2 heteroatoms. The Labute approximate surface area is 78.2 Å². The van der Waals surface area contributed by atoms with Gasteiger partial charge >= 0.3 is 0 Å². The lowest BCUT2D eigenvalue weighted by atomic mass is 9.91. The van der Waals surface area contributed by atoms with Crippen LogP contribution in [0.15, 0.2) is 12.3 Å². The molecule has 1 aromatic heterocycles. The first kappa shape index (κ1) is 8.25. The number of pyridine rings is 1. The molecule has 1 heterocycles. The van der Waals surface area contributed by atoms with Gasteiger partial charge in [0.2, 0.25) is 0 Å². The lowest BCUT2D eigenvalue weighted by Gasteiger charge is -2.16. The van der Waals surface area contributed by atoms with Crippen LogP contribution in [0.4, 0.5) is 0 Å². The summed E-state index contributed by atoms with van der Waals surface area (Å²) in [5, 5.41) is 8.65. The predicted molar refractivity (Wildman–Crippen MR) is 50.2 cm³/mol.